The van der Waals surface area contributed by atoms with Gasteiger partial charge in [0, 0.05) is 29.6 Å². The van der Waals surface area contributed by atoms with Crippen LogP contribution in [0.2, 0.25) is 0 Å². The molecule has 0 aliphatic carbocycles. The highest BCUT2D eigenvalue weighted by molar-refractivity contribution is 5.98. The van der Waals surface area contributed by atoms with Crippen LogP contribution in [0.15, 0.2) is 42.5 Å². The second kappa shape index (κ2) is 6.65. The topological polar surface area (TPSA) is 37.0 Å². The first-order valence-electron chi connectivity index (χ1n) is 7.84. The van der Waals surface area contributed by atoms with Gasteiger partial charge in [-0.15, -0.1) is 12.4 Å². The minimum absolute atomic E-state index is 0. The Balaban J connectivity index is 0.00000156. The van der Waals surface area contributed by atoms with Crippen LogP contribution in [0.4, 0.5) is 0 Å². The van der Waals surface area contributed by atoms with Crippen LogP contribution in [0, 0.1) is 0 Å². The van der Waals surface area contributed by atoms with Crippen LogP contribution >= 0.6 is 12.4 Å². The zero-order chi connectivity index (χ0) is 14.9. The van der Waals surface area contributed by atoms with Crippen molar-refractivity contribution >= 4 is 23.3 Å². The summed E-state index contributed by atoms with van der Waals surface area (Å²) in [7, 11) is 1.70. The van der Waals surface area contributed by atoms with Gasteiger partial charge in [0.15, 0.2) is 0 Å². The summed E-state index contributed by atoms with van der Waals surface area (Å²) in [4.78, 5) is 3.62. The minimum Gasteiger partial charge on any atom is -0.497 e. The lowest BCUT2D eigenvalue weighted by atomic mass is 9.97. The van der Waals surface area contributed by atoms with Crippen molar-refractivity contribution in [3.8, 4) is 16.9 Å². The molecule has 120 valence electrons. The Morgan fingerprint density at radius 3 is 2.52 bits per heavy atom. The zero-order valence-corrected chi connectivity index (χ0v) is 14.0. The quantitative estimate of drug-likeness (QED) is 0.747. The number of nitrogens with one attached hydrogen (secondary N) is 2. The summed E-state index contributed by atoms with van der Waals surface area (Å²) in [6.07, 6.45) is 2.16. The third-order valence-electron chi connectivity index (χ3n) is 4.52. The van der Waals surface area contributed by atoms with E-state index in [2.05, 4.69) is 40.6 Å². The van der Waals surface area contributed by atoms with E-state index in [9.17, 15) is 0 Å². The molecule has 2 heterocycles. The van der Waals surface area contributed by atoms with Gasteiger partial charge >= 0.3 is 0 Å². The standard InChI is InChI=1S/C19H20N2O.ClH/c1-22-14-7-5-13(6-8-14)15-3-2-4-18-19(15)16-9-11-20-12-10-17(16)21-18;/h2-8,20-21H,9-12H2,1H3;1H. The Morgan fingerprint density at radius 2 is 1.74 bits per heavy atom. The van der Waals surface area contributed by atoms with Gasteiger partial charge in [-0.05, 0) is 47.9 Å². The first kappa shape index (κ1) is 15.9. The van der Waals surface area contributed by atoms with E-state index in [1.54, 1.807) is 7.11 Å². The van der Waals surface area contributed by atoms with Crippen LogP contribution in [0.3, 0.4) is 0 Å². The van der Waals surface area contributed by atoms with Crippen molar-refractivity contribution in [2.45, 2.75) is 12.8 Å². The molecule has 0 radical (unpaired) electrons. The second-order valence-electron chi connectivity index (χ2n) is 5.79. The van der Waals surface area contributed by atoms with Crippen LogP contribution in [-0.4, -0.2) is 25.2 Å². The van der Waals surface area contributed by atoms with Crippen LogP contribution in [0.5, 0.6) is 5.75 Å². The van der Waals surface area contributed by atoms with Gasteiger partial charge < -0.3 is 15.0 Å². The third-order valence-corrected chi connectivity index (χ3v) is 4.52. The fraction of sp³-hybridized carbons (Fsp3) is 0.263. The van der Waals surface area contributed by atoms with Crippen molar-refractivity contribution < 1.29 is 4.74 Å². The molecule has 0 unspecified atom stereocenters. The Bertz CT molecular complexity index is 808. The van der Waals surface area contributed by atoms with Crippen LogP contribution < -0.4 is 10.1 Å². The lowest BCUT2D eigenvalue weighted by Crippen LogP contribution is -2.16. The maximum absolute atomic E-state index is 5.27. The molecule has 0 saturated heterocycles. The molecule has 23 heavy (non-hydrogen) atoms. The van der Waals surface area contributed by atoms with Gasteiger partial charge in [-0.25, -0.2) is 0 Å². The molecule has 0 saturated carbocycles. The number of aromatic amines is 1. The summed E-state index contributed by atoms with van der Waals surface area (Å²) in [5.74, 6) is 0.896. The molecule has 0 bridgehead atoms. The molecule has 3 nitrogen and oxygen atoms in total. The molecule has 0 amide bonds. The summed E-state index contributed by atoms with van der Waals surface area (Å²) in [5.41, 5.74) is 6.66. The lowest BCUT2D eigenvalue weighted by Gasteiger charge is -2.08. The van der Waals surface area contributed by atoms with Gasteiger partial charge in [0.2, 0.25) is 0 Å². The Kier molecular flexibility index (Phi) is 4.60. The Hall–Kier alpha value is -1.97. The van der Waals surface area contributed by atoms with Gasteiger partial charge in [0.05, 0.1) is 7.11 Å². The lowest BCUT2D eigenvalue weighted by molar-refractivity contribution is 0.415. The minimum atomic E-state index is 0. The number of H-pyrrole nitrogens is 1. The van der Waals surface area contributed by atoms with E-state index in [0.717, 1.165) is 31.7 Å². The third kappa shape index (κ3) is 2.82. The van der Waals surface area contributed by atoms with Gasteiger partial charge in [-0.2, -0.15) is 0 Å². The molecule has 1 aliphatic heterocycles. The number of benzene rings is 2. The van der Waals surface area contributed by atoms with Crippen molar-refractivity contribution in [2.75, 3.05) is 20.2 Å². The smallest absolute Gasteiger partial charge is 0.118 e. The largest absolute Gasteiger partial charge is 0.497 e. The van der Waals surface area contributed by atoms with E-state index in [-0.39, 0.29) is 12.4 Å². The number of rotatable bonds is 2. The fourth-order valence-corrected chi connectivity index (χ4v) is 3.42. The highest BCUT2D eigenvalue weighted by Crippen LogP contribution is 2.34. The summed E-state index contributed by atoms with van der Waals surface area (Å²) < 4.78 is 5.27. The second-order valence-corrected chi connectivity index (χ2v) is 5.79. The molecule has 3 aromatic rings. The molecule has 0 atom stereocenters. The average Bonchev–Trinajstić information content (AvgIpc) is 2.76. The van der Waals surface area contributed by atoms with Crippen LogP contribution in [0.25, 0.3) is 22.0 Å². The van der Waals surface area contributed by atoms with E-state index in [1.807, 2.05) is 12.1 Å². The number of hydrogen-bond donors (Lipinski definition) is 2. The Labute approximate surface area is 142 Å². The van der Waals surface area contributed by atoms with Crippen LogP contribution in [-0.2, 0) is 12.8 Å². The SMILES string of the molecule is COc1ccc(-c2cccc3[nH]c4c(c23)CCNCC4)cc1.Cl. The van der Waals surface area contributed by atoms with Gasteiger partial charge in [0.1, 0.15) is 5.75 Å². The van der Waals surface area contributed by atoms with Gasteiger partial charge in [0.25, 0.3) is 0 Å². The number of aromatic nitrogens is 1. The maximum atomic E-state index is 5.27. The molecular weight excluding hydrogens is 308 g/mol. The number of methoxy groups -OCH3 is 1. The summed E-state index contributed by atoms with van der Waals surface area (Å²) in [5, 5.41) is 4.86. The highest BCUT2D eigenvalue weighted by atomic mass is 35.5. The molecule has 2 N–H and O–H groups in total. The first-order chi connectivity index (χ1) is 10.9. The molecule has 0 spiro atoms. The van der Waals surface area contributed by atoms with E-state index >= 15 is 0 Å². The number of hydrogen-bond acceptors (Lipinski definition) is 2. The predicted octanol–water partition coefficient (Wildman–Crippen LogP) is 3.95. The first-order valence-corrected chi connectivity index (χ1v) is 7.84. The summed E-state index contributed by atoms with van der Waals surface area (Å²) in [6, 6.07) is 14.9. The monoisotopic (exact) mass is 328 g/mol. The van der Waals surface area contributed by atoms with Crippen molar-refractivity contribution in [1.82, 2.24) is 10.3 Å². The molecular formula is C19H21ClN2O. The van der Waals surface area contributed by atoms with Crippen molar-refractivity contribution in [2.24, 2.45) is 0 Å². The van der Waals surface area contributed by atoms with Gasteiger partial charge in [-0.3, -0.25) is 0 Å². The molecule has 1 aromatic heterocycles. The number of halogens is 1. The molecule has 4 heteroatoms. The summed E-state index contributed by atoms with van der Waals surface area (Å²) in [6.45, 7) is 2.11. The zero-order valence-electron chi connectivity index (χ0n) is 13.2. The fourth-order valence-electron chi connectivity index (χ4n) is 3.42. The normalized spacial score (nSPS) is 14.0. The van der Waals surface area contributed by atoms with Crippen LogP contribution in [0.1, 0.15) is 11.3 Å². The van der Waals surface area contributed by atoms with E-state index in [4.69, 9.17) is 4.74 Å². The molecule has 1 aliphatic rings. The number of ether oxygens (including phenoxy) is 1. The van der Waals surface area contributed by atoms with Crippen molar-refractivity contribution in [3.63, 3.8) is 0 Å². The van der Waals surface area contributed by atoms with E-state index in [0.29, 0.717) is 0 Å². The predicted molar refractivity (Wildman–Crippen MR) is 97.8 cm³/mol. The van der Waals surface area contributed by atoms with Crippen molar-refractivity contribution in [1.29, 1.82) is 0 Å². The van der Waals surface area contributed by atoms with E-state index < -0.39 is 0 Å². The summed E-state index contributed by atoms with van der Waals surface area (Å²) >= 11 is 0. The maximum Gasteiger partial charge on any atom is 0.118 e. The number of fused-ring (bicyclic) bond motifs is 3. The van der Waals surface area contributed by atoms with Crippen molar-refractivity contribution in [3.05, 3.63) is 53.7 Å². The molecule has 2 aromatic carbocycles. The molecule has 0 fully saturated rings. The average molecular weight is 329 g/mol. The highest BCUT2D eigenvalue weighted by Gasteiger charge is 2.17. The molecule has 4 rings (SSSR count). The van der Waals surface area contributed by atoms with Gasteiger partial charge in [-0.1, -0.05) is 24.3 Å². The Morgan fingerprint density at radius 1 is 0.957 bits per heavy atom. The van der Waals surface area contributed by atoms with E-state index in [1.165, 1.54) is 33.3 Å².